The van der Waals surface area contributed by atoms with Crippen LogP contribution in [-0.2, 0) is 26.5 Å². The summed E-state index contributed by atoms with van der Waals surface area (Å²) < 4.78 is 0. The topological polar surface area (TPSA) is 12.9 Å². The number of hydrogen-bond acceptors (Lipinski definition) is 1. The molecule has 0 aliphatic carbocycles. The summed E-state index contributed by atoms with van der Waals surface area (Å²) in [6.45, 7) is 2.26. The number of benzene rings is 2. The van der Waals surface area contributed by atoms with E-state index in [1.165, 1.54) is 54.0 Å². The van der Waals surface area contributed by atoms with Gasteiger partial charge < -0.3 is 0 Å². The summed E-state index contributed by atoms with van der Waals surface area (Å²) in [5.74, 6) is 0. The van der Waals surface area contributed by atoms with Crippen molar-refractivity contribution >= 4 is 10.8 Å². The number of unbranched alkanes of at least 4 members (excludes halogenated alkanes) is 3. The molecule has 0 aliphatic heterocycles. The van der Waals surface area contributed by atoms with Crippen molar-refractivity contribution in [2.24, 2.45) is 0 Å². The van der Waals surface area contributed by atoms with E-state index in [2.05, 4.69) is 66.5 Å². The van der Waals surface area contributed by atoms with Crippen molar-refractivity contribution in [1.29, 1.82) is 0 Å². The minimum absolute atomic E-state index is 0. The van der Waals surface area contributed by atoms with E-state index in [1.807, 2.05) is 6.20 Å². The summed E-state index contributed by atoms with van der Waals surface area (Å²) in [5.41, 5.74) is 3.71. The Kier molecular flexibility index (Phi) is 6.95. The molecule has 0 saturated carbocycles. The van der Waals surface area contributed by atoms with Crippen LogP contribution in [0.15, 0.2) is 60.8 Å². The van der Waals surface area contributed by atoms with E-state index in [0.717, 1.165) is 5.69 Å². The van der Waals surface area contributed by atoms with Gasteiger partial charge in [-0.3, -0.25) is 4.98 Å². The van der Waals surface area contributed by atoms with Crippen LogP contribution in [0.1, 0.15) is 38.2 Å². The summed E-state index contributed by atoms with van der Waals surface area (Å²) in [5, 5.41) is 2.47. The molecule has 3 rings (SSSR count). The predicted molar refractivity (Wildman–Crippen MR) is 95.0 cm³/mol. The molecule has 1 radical (unpaired) electrons. The van der Waals surface area contributed by atoms with E-state index in [4.69, 9.17) is 0 Å². The minimum Gasteiger partial charge on any atom is -0.256 e. The van der Waals surface area contributed by atoms with Crippen molar-refractivity contribution in [2.45, 2.75) is 39.0 Å². The number of pyridine rings is 1. The number of hydrogen-bond donors (Lipinski definition) is 0. The molecule has 0 saturated heterocycles. The Bertz CT molecular complexity index is 729. The van der Waals surface area contributed by atoms with Gasteiger partial charge in [0.15, 0.2) is 0 Å². The maximum Gasteiger partial charge on any atom is 0.0780 e. The molecular formula is C21H23IrN. The van der Waals surface area contributed by atoms with Crippen LogP contribution in [0.25, 0.3) is 22.0 Å². The van der Waals surface area contributed by atoms with Crippen molar-refractivity contribution in [3.8, 4) is 11.3 Å². The number of aryl methyl sites for hydroxylation is 1. The summed E-state index contributed by atoms with van der Waals surface area (Å²) in [6, 6.07) is 19.4. The first-order valence-corrected chi connectivity index (χ1v) is 8.31. The van der Waals surface area contributed by atoms with Gasteiger partial charge in [-0.2, -0.15) is 0 Å². The number of rotatable bonds is 6. The van der Waals surface area contributed by atoms with Crippen molar-refractivity contribution < 1.29 is 20.1 Å². The predicted octanol–water partition coefficient (Wildman–Crippen LogP) is 6.02. The molecule has 1 heterocycles. The fourth-order valence-corrected chi connectivity index (χ4v) is 2.93. The Morgan fingerprint density at radius 2 is 1.61 bits per heavy atom. The van der Waals surface area contributed by atoms with Gasteiger partial charge in [0.2, 0.25) is 0 Å². The van der Waals surface area contributed by atoms with E-state index < -0.39 is 0 Å². The quantitative estimate of drug-likeness (QED) is 0.392. The van der Waals surface area contributed by atoms with Gasteiger partial charge in [-0.05, 0) is 29.9 Å². The zero-order chi connectivity index (χ0) is 15.2. The van der Waals surface area contributed by atoms with Gasteiger partial charge in [-0.1, -0.05) is 74.7 Å². The molecule has 1 aromatic heterocycles. The van der Waals surface area contributed by atoms with Crippen LogP contribution in [0.2, 0.25) is 0 Å². The average molecular weight is 482 g/mol. The van der Waals surface area contributed by atoms with E-state index in [0.29, 0.717) is 0 Å². The second-order valence-electron chi connectivity index (χ2n) is 5.89. The molecule has 0 N–H and O–H groups in total. The van der Waals surface area contributed by atoms with Gasteiger partial charge in [-0.25, -0.2) is 0 Å². The van der Waals surface area contributed by atoms with Crippen LogP contribution >= 0.6 is 0 Å². The average Bonchev–Trinajstić information content (AvgIpc) is 2.59. The van der Waals surface area contributed by atoms with Gasteiger partial charge >= 0.3 is 0 Å². The molecule has 0 amide bonds. The zero-order valence-electron chi connectivity index (χ0n) is 13.6. The maximum atomic E-state index is 4.59. The summed E-state index contributed by atoms with van der Waals surface area (Å²) >= 11 is 0. The van der Waals surface area contributed by atoms with E-state index in [-0.39, 0.29) is 20.1 Å². The van der Waals surface area contributed by atoms with Gasteiger partial charge in [0.05, 0.1) is 5.69 Å². The Hall–Kier alpha value is -1.50. The summed E-state index contributed by atoms with van der Waals surface area (Å²) in [6.07, 6.45) is 8.35. The van der Waals surface area contributed by atoms with Gasteiger partial charge in [0.1, 0.15) is 0 Å². The van der Waals surface area contributed by atoms with Crippen molar-refractivity contribution in [1.82, 2.24) is 4.98 Å². The van der Waals surface area contributed by atoms with Gasteiger partial charge in [-0.15, -0.1) is 0 Å². The van der Waals surface area contributed by atoms with Crippen molar-refractivity contribution in [3.05, 3.63) is 66.4 Å². The third kappa shape index (κ3) is 4.50. The molecule has 2 heteroatoms. The molecule has 3 aromatic rings. The molecule has 0 atom stereocenters. The Morgan fingerprint density at radius 1 is 0.826 bits per heavy atom. The van der Waals surface area contributed by atoms with Crippen LogP contribution in [0.5, 0.6) is 0 Å². The SMILES string of the molecule is CCCCCCc1ccc(-c2nccc3ccccc23)cc1.[Ir]. The monoisotopic (exact) mass is 482 g/mol. The first-order chi connectivity index (χ1) is 10.9. The van der Waals surface area contributed by atoms with Crippen LogP contribution in [0, 0.1) is 0 Å². The molecule has 121 valence electrons. The number of fused-ring (bicyclic) bond motifs is 1. The number of nitrogens with zero attached hydrogens (tertiary/aromatic N) is 1. The molecule has 2 aromatic carbocycles. The Balaban J connectivity index is 0.00000192. The summed E-state index contributed by atoms with van der Waals surface area (Å²) in [4.78, 5) is 4.59. The van der Waals surface area contributed by atoms with Crippen LogP contribution in [-0.4, -0.2) is 4.98 Å². The van der Waals surface area contributed by atoms with Crippen LogP contribution in [0.4, 0.5) is 0 Å². The van der Waals surface area contributed by atoms with Crippen LogP contribution < -0.4 is 0 Å². The molecule has 0 spiro atoms. The van der Waals surface area contributed by atoms with Gasteiger partial charge in [0.25, 0.3) is 0 Å². The fourth-order valence-electron chi connectivity index (χ4n) is 2.93. The van der Waals surface area contributed by atoms with Crippen molar-refractivity contribution in [3.63, 3.8) is 0 Å². The molecule has 1 nitrogen and oxygen atoms in total. The summed E-state index contributed by atoms with van der Waals surface area (Å²) in [7, 11) is 0. The van der Waals surface area contributed by atoms with Crippen molar-refractivity contribution in [2.75, 3.05) is 0 Å². The van der Waals surface area contributed by atoms with Crippen LogP contribution in [0.3, 0.4) is 0 Å². The minimum atomic E-state index is 0. The van der Waals surface area contributed by atoms with E-state index >= 15 is 0 Å². The molecule has 0 aliphatic rings. The molecule has 0 unspecified atom stereocenters. The van der Waals surface area contributed by atoms with Gasteiger partial charge in [0, 0.05) is 37.3 Å². The Labute approximate surface area is 152 Å². The van der Waals surface area contributed by atoms with E-state index in [1.54, 1.807) is 0 Å². The van der Waals surface area contributed by atoms with E-state index in [9.17, 15) is 0 Å². The standard InChI is InChI=1S/C21H23N.Ir/c1-2-3-4-5-8-17-11-13-19(14-12-17)21-20-10-7-6-9-18(20)15-16-22-21;/h6-7,9-16H,2-5,8H2,1H3;. The molecule has 0 fully saturated rings. The number of aromatic nitrogens is 1. The third-order valence-electron chi connectivity index (χ3n) is 4.22. The molecular weight excluding hydrogens is 458 g/mol. The normalized spacial score (nSPS) is 10.5. The second-order valence-corrected chi connectivity index (χ2v) is 5.89. The fraction of sp³-hybridized carbons (Fsp3) is 0.286. The first kappa shape index (κ1) is 17.8. The Morgan fingerprint density at radius 3 is 2.39 bits per heavy atom. The molecule has 0 bridgehead atoms. The first-order valence-electron chi connectivity index (χ1n) is 8.31. The maximum absolute atomic E-state index is 4.59. The largest absolute Gasteiger partial charge is 0.256 e. The third-order valence-corrected chi connectivity index (χ3v) is 4.22. The molecule has 23 heavy (non-hydrogen) atoms. The second kappa shape index (κ2) is 8.96. The smallest absolute Gasteiger partial charge is 0.0780 e. The zero-order valence-corrected chi connectivity index (χ0v) is 16.0.